The number of carboxylic acids is 1. The predicted molar refractivity (Wildman–Crippen MR) is 124 cm³/mol. The van der Waals surface area contributed by atoms with Crippen LogP contribution in [-0.4, -0.2) is 79.1 Å². The van der Waals surface area contributed by atoms with Gasteiger partial charge in [0.25, 0.3) is 0 Å². The molecule has 0 fully saturated rings. The molecule has 9 heteroatoms. The van der Waals surface area contributed by atoms with Gasteiger partial charge in [-0.1, -0.05) is 48.5 Å². The van der Waals surface area contributed by atoms with Gasteiger partial charge in [0.05, 0.1) is 0 Å². The minimum atomic E-state index is -1.21. The zero-order chi connectivity index (χ0) is 24.7. The topological polar surface area (TPSA) is 125 Å². The molecule has 9 nitrogen and oxygen atoms in total. The van der Waals surface area contributed by atoms with Crippen LogP contribution in [0.15, 0.2) is 48.5 Å². The summed E-state index contributed by atoms with van der Waals surface area (Å²) < 4.78 is 10.5. The standard InChI is InChI=1S/C25H30N2O7/c1-27(2)13-16(28)14-33-24(31)22(11-12-23(29)30)26-25(32)34-15-21-19-9-5-3-7-17(19)18-8-4-6-10-20(18)21/h3-10,16,21-22,28H,11-15H2,1-2H3,(H,26,32)(H,29,30). The average Bonchev–Trinajstić information content (AvgIpc) is 3.12. The van der Waals surface area contributed by atoms with Crippen molar-refractivity contribution < 1.29 is 34.1 Å². The third kappa shape index (κ3) is 6.55. The van der Waals surface area contributed by atoms with Gasteiger partial charge in [0, 0.05) is 18.9 Å². The number of ether oxygens (including phenoxy) is 2. The molecule has 2 aromatic rings. The van der Waals surface area contributed by atoms with Crippen molar-refractivity contribution in [3.8, 4) is 11.1 Å². The molecule has 0 spiro atoms. The predicted octanol–water partition coefficient (Wildman–Crippen LogP) is 2.22. The van der Waals surface area contributed by atoms with Gasteiger partial charge < -0.3 is 29.9 Å². The van der Waals surface area contributed by atoms with Crippen molar-refractivity contribution in [3.05, 3.63) is 59.7 Å². The Bertz CT molecular complexity index is 978. The molecule has 1 aliphatic rings. The third-order valence-electron chi connectivity index (χ3n) is 5.56. The Morgan fingerprint density at radius 2 is 1.59 bits per heavy atom. The smallest absolute Gasteiger partial charge is 0.407 e. The number of hydrogen-bond acceptors (Lipinski definition) is 7. The van der Waals surface area contributed by atoms with Crippen molar-refractivity contribution in [1.29, 1.82) is 0 Å². The molecule has 1 aliphatic carbocycles. The fraction of sp³-hybridized carbons (Fsp3) is 0.400. The van der Waals surface area contributed by atoms with Crippen LogP contribution in [0.4, 0.5) is 4.79 Å². The number of benzene rings is 2. The van der Waals surface area contributed by atoms with Crippen LogP contribution in [0.2, 0.25) is 0 Å². The maximum absolute atomic E-state index is 12.5. The minimum Gasteiger partial charge on any atom is -0.481 e. The Kier molecular flexibility index (Phi) is 8.61. The van der Waals surface area contributed by atoms with Crippen molar-refractivity contribution in [2.75, 3.05) is 33.9 Å². The second-order valence-corrected chi connectivity index (χ2v) is 8.50. The van der Waals surface area contributed by atoms with Gasteiger partial charge in [0.2, 0.25) is 0 Å². The number of aliphatic carboxylic acids is 1. The molecule has 1 amide bonds. The van der Waals surface area contributed by atoms with Crippen LogP contribution in [0, 0.1) is 0 Å². The van der Waals surface area contributed by atoms with E-state index in [1.807, 2.05) is 48.5 Å². The Labute approximate surface area is 198 Å². The number of fused-ring (bicyclic) bond motifs is 3. The zero-order valence-electron chi connectivity index (χ0n) is 19.3. The summed E-state index contributed by atoms with van der Waals surface area (Å²) in [6.07, 6.45) is -2.26. The molecule has 0 saturated heterocycles. The molecule has 34 heavy (non-hydrogen) atoms. The Morgan fingerprint density at radius 3 is 2.15 bits per heavy atom. The monoisotopic (exact) mass is 470 g/mol. The van der Waals surface area contributed by atoms with E-state index in [0.717, 1.165) is 22.3 Å². The maximum atomic E-state index is 12.5. The molecule has 0 saturated carbocycles. The molecule has 2 aromatic carbocycles. The minimum absolute atomic E-state index is 0.0576. The Balaban J connectivity index is 1.61. The van der Waals surface area contributed by atoms with Crippen LogP contribution in [-0.2, 0) is 19.1 Å². The highest BCUT2D eigenvalue weighted by Gasteiger charge is 2.30. The van der Waals surface area contributed by atoms with Gasteiger partial charge in [0.1, 0.15) is 25.4 Å². The van der Waals surface area contributed by atoms with Gasteiger partial charge in [-0.3, -0.25) is 4.79 Å². The number of rotatable bonds is 11. The molecule has 0 aliphatic heterocycles. The van der Waals surface area contributed by atoms with Crippen molar-refractivity contribution in [2.45, 2.75) is 30.9 Å². The number of hydrogen-bond donors (Lipinski definition) is 3. The summed E-state index contributed by atoms with van der Waals surface area (Å²) in [6, 6.07) is 14.6. The highest BCUT2D eigenvalue weighted by molar-refractivity contribution is 5.82. The van der Waals surface area contributed by atoms with Crippen LogP contribution in [0.1, 0.15) is 29.9 Å². The summed E-state index contributed by atoms with van der Waals surface area (Å²) in [5.74, 6) is -2.09. The highest BCUT2D eigenvalue weighted by atomic mass is 16.6. The molecule has 3 rings (SSSR count). The fourth-order valence-corrected chi connectivity index (χ4v) is 4.05. The number of aliphatic hydroxyl groups is 1. The number of nitrogens with zero attached hydrogens (tertiary/aromatic N) is 1. The lowest BCUT2D eigenvalue weighted by molar-refractivity contribution is -0.149. The maximum Gasteiger partial charge on any atom is 0.407 e. The average molecular weight is 471 g/mol. The summed E-state index contributed by atoms with van der Waals surface area (Å²) in [6.45, 7) is 0.0714. The van der Waals surface area contributed by atoms with E-state index in [2.05, 4.69) is 5.32 Å². The van der Waals surface area contributed by atoms with Gasteiger partial charge in [0.15, 0.2) is 0 Å². The van der Waals surface area contributed by atoms with Crippen molar-refractivity contribution in [3.63, 3.8) is 0 Å². The van der Waals surface area contributed by atoms with E-state index in [9.17, 15) is 19.5 Å². The largest absolute Gasteiger partial charge is 0.481 e. The van der Waals surface area contributed by atoms with Crippen molar-refractivity contribution >= 4 is 18.0 Å². The lowest BCUT2D eigenvalue weighted by Gasteiger charge is -2.20. The van der Waals surface area contributed by atoms with E-state index in [-0.39, 0.29) is 38.5 Å². The second-order valence-electron chi connectivity index (χ2n) is 8.50. The van der Waals surface area contributed by atoms with E-state index in [1.54, 1.807) is 19.0 Å². The van der Waals surface area contributed by atoms with Crippen LogP contribution in [0.25, 0.3) is 11.1 Å². The van der Waals surface area contributed by atoms with Crippen LogP contribution in [0.3, 0.4) is 0 Å². The normalized spacial score (nSPS) is 14.1. The molecule has 0 radical (unpaired) electrons. The number of aliphatic hydroxyl groups excluding tert-OH is 1. The van der Waals surface area contributed by atoms with E-state index in [0.29, 0.717) is 0 Å². The molecule has 0 heterocycles. The third-order valence-corrected chi connectivity index (χ3v) is 5.56. The summed E-state index contributed by atoms with van der Waals surface area (Å²) in [7, 11) is 3.53. The molecule has 3 N–H and O–H groups in total. The fourth-order valence-electron chi connectivity index (χ4n) is 4.05. The van der Waals surface area contributed by atoms with Crippen LogP contribution < -0.4 is 5.32 Å². The molecular weight excluding hydrogens is 440 g/mol. The Hall–Kier alpha value is -3.43. The summed E-state index contributed by atoms with van der Waals surface area (Å²) >= 11 is 0. The molecule has 2 atom stereocenters. The molecule has 182 valence electrons. The van der Waals surface area contributed by atoms with E-state index < -0.39 is 30.2 Å². The molecule has 0 bridgehead atoms. The van der Waals surface area contributed by atoms with Gasteiger partial charge in [-0.05, 0) is 42.8 Å². The number of alkyl carbamates (subject to hydrolysis) is 1. The first-order valence-electron chi connectivity index (χ1n) is 11.1. The Morgan fingerprint density at radius 1 is 1.00 bits per heavy atom. The van der Waals surface area contributed by atoms with Gasteiger partial charge >= 0.3 is 18.0 Å². The number of carbonyl (C=O) groups excluding carboxylic acids is 2. The molecule has 0 aromatic heterocycles. The number of esters is 1. The van der Waals surface area contributed by atoms with Gasteiger partial charge in [-0.2, -0.15) is 0 Å². The summed E-state index contributed by atoms with van der Waals surface area (Å²) in [4.78, 5) is 37.7. The quantitative estimate of drug-likeness (QED) is 0.427. The van der Waals surface area contributed by atoms with Crippen LogP contribution in [0.5, 0.6) is 0 Å². The number of carbonyl (C=O) groups is 3. The first-order chi connectivity index (χ1) is 16.3. The first-order valence-corrected chi connectivity index (χ1v) is 11.1. The number of likely N-dealkylation sites (N-methyl/N-ethyl adjacent to an activating group) is 1. The SMILES string of the molecule is CN(C)CC(O)COC(=O)C(CCC(=O)O)NC(=O)OCC1c2ccccc2-c2ccccc21. The first kappa shape index (κ1) is 25.2. The summed E-state index contributed by atoms with van der Waals surface area (Å²) in [5, 5.41) is 21.3. The lowest BCUT2D eigenvalue weighted by Crippen LogP contribution is -2.43. The lowest BCUT2D eigenvalue weighted by atomic mass is 9.98. The van der Waals surface area contributed by atoms with Gasteiger partial charge in [-0.25, -0.2) is 9.59 Å². The number of amides is 1. The highest BCUT2D eigenvalue weighted by Crippen LogP contribution is 2.44. The number of nitrogens with one attached hydrogen (secondary N) is 1. The van der Waals surface area contributed by atoms with Crippen molar-refractivity contribution in [2.24, 2.45) is 0 Å². The zero-order valence-corrected chi connectivity index (χ0v) is 19.3. The molecular formula is C25H30N2O7. The number of carboxylic acid groups (broad SMARTS) is 1. The summed E-state index contributed by atoms with van der Waals surface area (Å²) in [5.41, 5.74) is 4.28. The molecule has 2 unspecified atom stereocenters. The second kappa shape index (κ2) is 11.6. The van der Waals surface area contributed by atoms with E-state index in [4.69, 9.17) is 14.6 Å². The van der Waals surface area contributed by atoms with Crippen LogP contribution >= 0.6 is 0 Å². The van der Waals surface area contributed by atoms with E-state index >= 15 is 0 Å². The van der Waals surface area contributed by atoms with Gasteiger partial charge in [-0.15, -0.1) is 0 Å². The van der Waals surface area contributed by atoms with E-state index in [1.165, 1.54) is 0 Å². The van der Waals surface area contributed by atoms with Crippen molar-refractivity contribution in [1.82, 2.24) is 10.2 Å².